The van der Waals surface area contributed by atoms with Crippen molar-refractivity contribution in [1.29, 1.82) is 0 Å². The van der Waals surface area contributed by atoms with Crippen molar-refractivity contribution in [2.24, 2.45) is 0 Å². The van der Waals surface area contributed by atoms with Crippen LogP contribution in [-0.4, -0.2) is 29.4 Å². The number of benzene rings is 2. The minimum Gasteiger partial charge on any atom is -0.497 e. The predicted octanol–water partition coefficient (Wildman–Crippen LogP) is 3.90. The molecule has 0 radical (unpaired) electrons. The third-order valence-corrected chi connectivity index (χ3v) is 5.25. The molecule has 0 unspecified atom stereocenters. The molecule has 3 aromatic rings. The number of H-pyrrole nitrogens is 1. The second-order valence-electron chi connectivity index (χ2n) is 6.88. The molecule has 1 fully saturated rings. The number of likely N-dealkylation sites (tertiary alicyclic amines) is 1. The smallest absolute Gasteiger partial charge is 0.255 e. The highest BCUT2D eigenvalue weighted by Crippen LogP contribution is 2.33. The normalized spacial score (nSPS) is 17.1. The molecule has 1 atom stereocenters. The number of nitrogens with one attached hydrogen (secondary N) is 1. The summed E-state index contributed by atoms with van der Waals surface area (Å²) in [6.07, 6.45) is 2.97. The second kappa shape index (κ2) is 7.27. The molecule has 1 N–H and O–H groups in total. The largest absolute Gasteiger partial charge is 0.497 e. The molecular weight excluding hydrogens is 340 g/mol. The summed E-state index contributed by atoms with van der Waals surface area (Å²) in [6, 6.07) is 16.8. The molecule has 0 spiro atoms. The Morgan fingerprint density at radius 3 is 2.67 bits per heavy atom. The zero-order valence-electron chi connectivity index (χ0n) is 15.3. The fourth-order valence-corrected chi connectivity index (χ4v) is 3.88. The van der Waals surface area contributed by atoms with E-state index in [1.54, 1.807) is 7.11 Å². The molecule has 1 aliphatic rings. The van der Waals surface area contributed by atoms with Gasteiger partial charge in [-0.3, -0.25) is 9.59 Å². The van der Waals surface area contributed by atoms with Crippen LogP contribution in [0.2, 0.25) is 0 Å². The first-order valence-electron chi connectivity index (χ1n) is 9.24. The molecule has 138 valence electrons. The highest BCUT2D eigenvalue weighted by atomic mass is 16.5. The number of aromatic nitrogens is 1. The van der Waals surface area contributed by atoms with E-state index in [9.17, 15) is 9.59 Å². The zero-order valence-corrected chi connectivity index (χ0v) is 15.3. The minimum atomic E-state index is -0.255. The molecular formula is C22H22N2O3. The summed E-state index contributed by atoms with van der Waals surface area (Å²) >= 11 is 0. The van der Waals surface area contributed by atoms with Crippen LogP contribution in [0, 0.1) is 0 Å². The number of nitrogens with zero attached hydrogens (tertiary/aromatic N) is 1. The lowest BCUT2D eigenvalue weighted by Crippen LogP contribution is -2.39. The summed E-state index contributed by atoms with van der Waals surface area (Å²) in [5, 5.41) is 0.779. The van der Waals surface area contributed by atoms with Crippen LogP contribution in [0.15, 0.2) is 59.4 Å². The first-order chi connectivity index (χ1) is 13.2. The Kier molecular flexibility index (Phi) is 4.67. The minimum absolute atomic E-state index is 0.00945. The van der Waals surface area contributed by atoms with Crippen molar-refractivity contribution in [2.45, 2.75) is 25.3 Å². The van der Waals surface area contributed by atoms with Gasteiger partial charge in [-0.1, -0.05) is 30.3 Å². The van der Waals surface area contributed by atoms with Crippen LogP contribution in [0.1, 0.15) is 41.2 Å². The first kappa shape index (κ1) is 17.3. The lowest BCUT2D eigenvalue weighted by atomic mass is 9.94. The van der Waals surface area contributed by atoms with Crippen molar-refractivity contribution >= 4 is 16.8 Å². The van der Waals surface area contributed by atoms with Crippen molar-refractivity contribution in [3.05, 3.63) is 76.1 Å². The Labute approximate surface area is 157 Å². The Hall–Kier alpha value is -3.08. The average Bonchev–Trinajstić information content (AvgIpc) is 2.72. The molecule has 0 bridgehead atoms. The number of carbonyl (C=O) groups is 1. The summed E-state index contributed by atoms with van der Waals surface area (Å²) < 4.78 is 5.24. The number of rotatable bonds is 3. The Morgan fingerprint density at radius 2 is 1.89 bits per heavy atom. The topological polar surface area (TPSA) is 62.4 Å². The van der Waals surface area contributed by atoms with E-state index in [0.29, 0.717) is 17.6 Å². The quantitative estimate of drug-likeness (QED) is 0.768. The molecule has 5 nitrogen and oxygen atoms in total. The molecule has 4 rings (SSSR count). The van der Waals surface area contributed by atoms with Gasteiger partial charge in [-0.05, 0) is 43.0 Å². The van der Waals surface area contributed by atoms with Gasteiger partial charge in [-0.25, -0.2) is 0 Å². The van der Waals surface area contributed by atoms with Crippen molar-refractivity contribution in [1.82, 2.24) is 9.88 Å². The maximum Gasteiger partial charge on any atom is 0.255 e. The summed E-state index contributed by atoms with van der Waals surface area (Å²) in [6.45, 7) is 0.691. The number of piperidine rings is 1. The van der Waals surface area contributed by atoms with E-state index in [2.05, 4.69) is 4.98 Å². The first-order valence-corrected chi connectivity index (χ1v) is 9.24. The van der Waals surface area contributed by atoms with Gasteiger partial charge in [-0.2, -0.15) is 0 Å². The van der Waals surface area contributed by atoms with Gasteiger partial charge in [0.1, 0.15) is 5.75 Å². The standard InChI is InChI=1S/C22H22N2O3/c1-27-16-11-9-15(10-12-16)20-8-4-5-13-24(20)22(26)18-14-21(25)23-19-7-3-2-6-17(18)19/h2-3,6-7,9-12,14,20H,4-5,8,13H2,1H3,(H,23,25)/t20-/m0/s1. The third-order valence-electron chi connectivity index (χ3n) is 5.25. The Balaban J connectivity index is 1.74. The second-order valence-corrected chi connectivity index (χ2v) is 6.88. The molecule has 2 heterocycles. The van der Waals surface area contributed by atoms with E-state index in [4.69, 9.17) is 4.74 Å². The molecule has 1 saturated heterocycles. The van der Waals surface area contributed by atoms with Crippen LogP contribution in [0.3, 0.4) is 0 Å². The van der Waals surface area contributed by atoms with E-state index in [1.165, 1.54) is 6.07 Å². The number of carbonyl (C=O) groups excluding carboxylic acids is 1. The SMILES string of the molecule is COc1ccc([C@@H]2CCCCN2C(=O)c2cc(=O)[nH]c3ccccc23)cc1. The van der Waals surface area contributed by atoms with Crippen LogP contribution in [0.25, 0.3) is 10.9 Å². The monoisotopic (exact) mass is 362 g/mol. The zero-order chi connectivity index (χ0) is 18.8. The average molecular weight is 362 g/mol. The van der Waals surface area contributed by atoms with Crippen LogP contribution in [0.4, 0.5) is 0 Å². The van der Waals surface area contributed by atoms with Crippen molar-refractivity contribution in [3.63, 3.8) is 0 Å². The van der Waals surface area contributed by atoms with E-state index >= 15 is 0 Å². The molecule has 1 aliphatic heterocycles. The van der Waals surface area contributed by atoms with Gasteiger partial charge in [0.2, 0.25) is 5.56 Å². The van der Waals surface area contributed by atoms with E-state index in [1.807, 2.05) is 53.4 Å². The van der Waals surface area contributed by atoms with Crippen LogP contribution >= 0.6 is 0 Å². The van der Waals surface area contributed by atoms with E-state index < -0.39 is 0 Å². The fourth-order valence-electron chi connectivity index (χ4n) is 3.88. The van der Waals surface area contributed by atoms with Crippen molar-refractivity contribution < 1.29 is 9.53 Å². The highest BCUT2D eigenvalue weighted by Gasteiger charge is 2.29. The fraction of sp³-hybridized carbons (Fsp3) is 0.273. The van der Waals surface area contributed by atoms with Crippen molar-refractivity contribution in [3.8, 4) is 5.75 Å². The summed E-state index contributed by atoms with van der Waals surface area (Å²) in [5.41, 5.74) is 1.99. The van der Waals surface area contributed by atoms with Gasteiger partial charge in [0.25, 0.3) is 5.91 Å². The van der Waals surface area contributed by atoms with E-state index in [0.717, 1.165) is 36.0 Å². The number of amides is 1. The van der Waals surface area contributed by atoms with Crippen molar-refractivity contribution in [2.75, 3.05) is 13.7 Å². The van der Waals surface area contributed by atoms with Gasteiger partial charge >= 0.3 is 0 Å². The van der Waals surface area contributed by atoms with Gasteiger partial charge in [0, 0.05) is 23.5 Å². The molecule has 1 amide bonds. The Bertz CT molecular complexity index is 1020. The Morgan fingerprint density at radius 1 is 1.11 bits per heavy atom. The number of methoxy groups -OCH3 is 1. The molecule has 27 heavy (non-hydrogen) atoms. The lowest BCUT2D eigenvalue weighted by Gasteiger charge is -2.36. The van der Waals surface area contributed by atoms with Crippen LogP contribution < -0.4 is 10.3 Å². The van der Waals surface area contributed by atoms with Gasteiger partial charge in [0.05, 0.1) is 18.7 Å². The molecule has 5 heteroatoms. The summed E-state index contributed by atoms with van der Waals surface area (Å²) in [5.74, 6) is 0.714. The number of ether oxygens (including phenoxy) is 1. The number of hydrogen-bond donors (Lipinski definition) is 1. The van der Waals surface area contributed by atoms with Gasteiger partial charge in [0.15, 0.2) is 0 Å². The van der Waals surface area contributed by atoms with Crippen LogP contribution in [0.5, 0.6) is 5.75 Å². The van der Waals surface area contributed by atoms with Crippen LogP contribution in [-0.2, 0) is 0 Å². The predicted molar refractivity (Wildman–Crippen MR) is 105 cm³/mol. The number of fused-ring (bicyclic) bond motifs is 1. The summed E-state index contributed by atoms with van der Waals surface area (Å²) in [4.78, 5) is 30.2. The molecule has 2 aromatic carbocycles. The van der Waals surface area contributed by atoms with Gasteiger partial charge in [-0.15, -0.1) is 0 Å². The third kappa shape index (κ3) is 3.33. The highest BCUT2D eigenvalue weighted by molar-refractivity contribution is 6.06. The molecule has 0 saturated carbocycles. The number of pyridine rings is 1. The maximum atomic E-state index is 13.4. The number of hydrogen-bond acceptors (Lipinski definition) is 3. The summed E-state index contributed by atoms with van der Waals surface area (Å²) in [7, 11) is 1.64. The van der Waals surface area contributed by atoms with Gasteiger partial charge < -0.3 is 14.6 Å². The maximum absolute atomic E-state index is 13.4. The molecule has 0 aliphatic carbocycles. The molecule has 1 aromatic heterocycles. The number of aromatic amines is 1. The van der Waals surface area contributed by atoms with E-state index in [-0.39, 0.29) is 17.5 Å². The lowest BCUT2D eigenvalue weighted by molar-refractivity contribution is 0.0613. The number of para-hydroxylation sites is 1.